The summed E-state index contributed by atoms with van der Waals surface area (Å²) in [5, 5.41) is 13.7. The van der Waals surface area contributed by atoms with Crippen LogP contribution in [-0.2, 0) is 6.42 Å². The van der Waals surface area contributed by atoms with E-state index in [4.69, 9.17) is 4.52 Å². The van der Waals surface area contributed by atoms with Crippen LogP contribution in [-0.4, -0.2) is 15.2 Å². The van der Waals surface area contributed by atoms with Crippen LogP contribution in [0.25, 0.3) is 11.5 Å². The zero-order chi connectivity index (χ0) is 14.8. The number of rotatable bonds is 3. The van der Waals surface area contributed by atoms with Crippen LogP contribution in [0.5, 0.6) is 5.75 Å². The maximum Gasteiger partial charge on any atom is 0.258 e. The van der Waals surface area contributed by atoms with E-state index in [9.17, 15) is 5.11 Å². The summed E-state index contributed by atoms with van der Waals surface area (Å²) < 4.78 is 6.34. The summed E-state index contributed by atoms with van der Waals surface area (Å²) in [6.07, 6.45) is 0.606. The van der Waals surface area contributed by atoms with Gasteiger partial charge in [0, 0.05) is 22.0 Å². The first-order valence-corrected chi connectivity index (χ1v) is 7.29. The Labute approximate surface area is 130 Å². The normalized spacial score (nSPS) is 10.8. The molecule has 0 amide bonds. The fourth-order valence-corrected chi connectivity index (χ4v) is 2.34. The van der Waals surface area contributed by atoms with Gasteiger partial charge in [0.15, 0.2) is 5.82 Å². The highest BCUT2D eigenvalue weighted by Gasteiger charge is 2.13. The number of phenols is 1. The Hall–Kier alpha value is -2.14. The number of hydrogen-bond donors (Lipinski definition) is 1. The Kier molecular flexibility index (Phi) is 3.75. The van der Waals surface area contributed by atoms with Crippen LogP contribution < -0.4 is 0 Å². The van der Waals surface area contributed by atoms with E-state index in [2.05, 4.69) is 26.1 Å². The molecule has 0 aliphatic rings. The van der Waals surface area contributed by atoms with Gasteiger partial charge in [0.05, 0.1) is 0 Å². The zero-order valence-electron chi connectivity index (χ0n) is 11.4. The summed E-state index contributed by atoms with van der Waals surface area (Å²) in [6, 6.07) is 13.2. The van der Waals surface area contributed by atoms with Gasteiger partial charge in [0.25, 0.3) is 5.89 Å². The van der Waals surface area contributed by atoms with Gasteiger partial charge in [-0.3, -0.25) is 0 Å². The third kappa shape index (κ3) is 2.97. The molecule has 21 heavy (non-hydrogen) atoms. The molecular formula is C16H13BrN2O2. The molecule has 2 aromatic carbocycles. The van der Waals surface area contributed by atoms with Gasteiger partial charge < -0.3 is 9.63 Å². The van der Waals surface area contributed by atoms with Crippen molar-refractivity contribution < 1.29 is 9.63 Å². The van der Waals surface area contributed by atoms with Gasteiger partial charge in [0.2, 0.25) is 0 Å². The molecule has 3 aromatic rings. The van der Waals surface area contributed by atoms with Crippen molar-refractivity contribution in [3.63, 3.8) is 0 Å². The minimum atomic E-state index is 0.222. The molecule has 0 saturated carbocycles. The van der Waals surface area contributed by atoms with Crippen molar-refractivity contribution in [3.8, 4) is 17.2 Å². The van der Waals surface area contributed by atoms with Crippen molar-refractivity contribution >= 4 is 15.9 Å². The standard InChI is InChI=1S/C16H13BrN2O2/c1-10-13(3-2-4-14(10)20)16-18-15(19-21-16)9-11-5-7-12(17)8-6-11/h2-8,20H,9H2,1H3. The average Bonchev–Trinajstić information content (AvgIpc) is 2.93. The van der Waals surface area contributed by atoms with Crippen LogP contribution in [0.1, 0.15) is 17.0 Å². The molecule has 5 heteroatoms. The van der Waals surface area contributed by atoms with Crippen LogP contribution in [0.15, 0.2) is 51.5 Å². The second-order valence-corrected chi connectivity index (χ2v) is 5.68. The van der Waals surface area contributed by atoms with Gasteiger partial charge in [-0.1, -0.05) is 39.3 Å². The molecule has 1 heterocycles. The van der Waals surface area contributed by atoms with E-state index in [1.54, 1.807) is 12.1 Å². The molecular weight excluding hydrogens is 332 g/mol. The van der Waals surface area contributed by atoms with Crippen molar-refractivity contribution in [1.29, 1.82) is 0 Å². The number of benzene rings is 2. The summed E-state index contributed by atoms with van der Waals surface area (Å²) in [7, 11) is 0. The Bertz CT molecular complexity index is 766. The molecule has 4 nitrogen and oxygen atoms in total. The van der Waals surface area contributed by atoms with E-state index >= 15 is 0 Å². The summed E-state index contributed by atoms with van der Waals surface area (Å²) in [6.45, 7) is 1.82. The molecule has 0 atom stereocenters. The highest BCUT2D eigenvalue weighted by molar-refractivity contribution is 9.10. The maximum absolute atomic E-state index is 9.74. The molecule has 1 N–H and O–H groups in total. The SMILES string of the molecule is Cc1c(O)cccc1-c1nc(Cc2ccc(Br)cc2)no1. The third-order valence-electron chi connectivity index (χ3n) is 3.28. The lowest BCUT2D eigenvalue weighted by Crippen LogP contribution is -1.91. The van der Waals surface area contributed by atoms with Crippen molar-refractivity contribution in [1.82, 2.24) is 10.1 Å². The first-order valence-electron chi connectivity index (χ1n) is 6.49. The predicted molar refractivity (Wildman–Crippen MR) is 83.1 cm³/mol. The fourth-order valence-electron chi connectivity index (χ4n) is 2.08. The van der Waals surface area contributed by atoms with Crippen LogP contribution in [0, 0.1) is 6.92 Å². The van der Waals surface area contributed by atoms with Crippen LogP contribution in [0.4, 0.5) is 0 Å². The first kappa shape index (κ1) is 13.8. The number of nitrogens with zero attached hydrogens (tertiary/aromatic N) is 2. The highest BCUT2D eigenvalue weighted by atomic mass is 79.9. The minimum absolute atomic E-state index is 0.222. The van der Waals surface area contributed by atoms with Gasteiger partial charge >= 0.3 is 0 Å². The molecule has 1 aromatic heterocycles. The third-order valence-corrected chi connectivity index (χ3v) is 3.81. The van der Waals surface area contributed by atoms with Gasteiger partial charge in [0.1, 0.15) is 5.75 Å². The van der Waals surface area contributed by atoms with Crippen molar-refractivity contribution in [2.75, 3.05) is 0 Å². The molecule has 3 rings (SSSR count). The summed E-state index contributed by atoms with van der Waals surface area (Å²) in [5.74, 6) is 1.27. The van der Waals surface area contributed by atoms with Crippen LogP contribution in [0.3, 0.4) is 0 Å². The Morgan fingerprint density at radius 2 is 1.90 bits per heavy atom. The van der Waals surface area contributed by atoms with Gasteiger partial charge in [-0.2, -0.15) is 4.98 Å². The summed E-state index contributed by atoms with van der Waals surface area (Å²) in [5.41, 5.74) is 2.60. The molecule has 0 fully saturated rings. The number of aromatic hydroxyl groups is 1. The van der Waals surface area contributed by atoms with Gasteiger partial charge in [-0.05, 0) is 36.8 Å². The largest absolute Gasteiger partial charge is 0.508 e. The van der Waals surface area contributed by atoms with Gasteiger partial charge in [-0.15, -0.1) is 0 Å². The lowest BCUT2D eigenvalue weighted by atomic mass is 10.1. The predicted octanol–water partition coefficient (Wildman–Crippen LogP) is 4.10. The van der Waals surface area contributed by atoms with Crippen LogP contribution in [0.2, 0.25) is 0 Å². The molecule has 0 spiro atoms. The highest BCUT2D eigenvalue weighted by Crippen LogP contribution is 2.28. The van der Waals surface area contributed by atoms with E-state index in [0.29, 0.717) is 18.1 Å². The van der Waals surface area contributed by atoms with Crippen LogP contribution >= 0.6 is 15.9 Å². The smallest absolute Gasteiger partial charge is 0.258 e. The fraction of sp³-hybridized carbons (Fsp3) is 0.125. The topological polar surface area (TPSA) is 59.2 Å². The maximum atomic E-state index is 9.74. The van der Waals surface area contributed by atoms with Crippen molar-refractivity contribution in [3.05, 3.63) is 63.9 Å². The molecule has 0 aliphatic carbocycles. The minimum Gasteiger partial charge on any atom is -0.508 e. The molecule has 106 valence electrons. The monoisotopic (exact) mass is 344 g/mol. The van der Waals surface area contributed by atoms with Crippen molar-refractivity contribution in [2.24, 2.45) is 0 Å². The van der Waals surface area contributed by atoms with E-state index in [1.165, 1.54) is 0 Å². The van der Waals surface area contributed by atoms with E-state index in [1.807, 2.05) is 37.3 Å². The second kappa shape index (κ2) is 5.69. The van der Waals surface area contributed by atoms with Gasteiger partial charge in [-0.25, -0.2) is 0 Å². The lowest BCUT2D eigenvalue weighted by Gasteiger charge is -2.01. The van der Waals surface area contributed by atoms with E-state index in [0.717, 1.165) is 21.2 Å². The second-order valence-electron chi connectivity index (χ2n) is 4.77. The number of aromatic nitrogens is 2. The molecule has 0 bridgehead atoms. The molecule has 0 radical (unpaired) electrons. The Balaban J connectivity index is 1.86. The van der Waals surface area contributed by atoms with E-state index in [-0.39, 0.29) is 5.75 Å². The number of phenolic OH excluding ortho intramolecular Hbond substituents is 1. The Morgan fingerprint density at radius 1 is 1.14 bits per heavy atom. The molecule has 0 unspecified atom stereocenters. The lowest BCUT2D eigenvalue weighted by molar-refractivity contribution is 0.422. The summed E-state index contributed by atoms with van der Waals surface area (Å²) >= 11 is 3.41. The van der Waals surface area contributed by atoms with Crippen molar-refractivity contribution in [2.45, 2.75) is 13.3 Å². The average molecular weight is 345 g/mol. The number of halogens is 1. The molecule has 0 saturated heterocycles. The number of hydrogen-bond acceptors (Lipinski definition) is 4. The Morgan fingerprint density at radius 3 is 2.67 bits per heavy atom. The quantitative estimate of drug-likeness (QED) is 0.776. The zero-order valence-corrected chi connectivity index (χ0v) is 13.0. The first-order chi connectivity index (χ1) is 10.1. The van der Waals surface area contributed by atoms with E-state index < -0.39 is 0 Å². The summed E-state index contributed by atoms with van der Waals surface area (Å²) in [4.78, 5) is 4.40. The molecule has 0 aliphatic heterocycles.